The topological polar surface area (TPSA) is 96.9 Å². The van der Waals surface area contributed by atoms with E-state index in [0.717, 1.165) is 32.5 Å². The minimum absolute atomic E-state index is 0.331. The summed E-state index contributed by atoms with van der Waals surface area (Å²) in [4.78, 5) is 28.4. The quantitative estimate of drug-likeness (QED) is 0.295. The van der Waals surface area contributed by atoms with Crippen molar-refractivity contribution >= 4 is 28.4 Å². The van der Waals surface area contributed by atoms with Gasteiger partial charge in [-0.05, 0) is 87.1 Å². The van der Waals surface area contributed by atoms with Crippen molar-refractivity contribution in [3.8, 4) is 0 Å². The standard InChI is InChI=1S/C18H25N3.2C7H6O2/c1-20(2)9-6-16-13-19-18-5-4-15(12-17(16)18)14-7-10-21(3)11-8-14;2*8-7(9)6-4-2-1-3-5-6/h4-5,7,12-13,19H,6,8-11H2,1-3H3;2*1-5H,(H,8,9). The number of nitrogens with one attached hydrogen (secondary N) is 1. The Morgan fingerprint density at radius 1 is 0.897 bits per heavy atom. The molecule has 1 aliphatic heterocycles. The first-order chi connectivity index (χ1) is 18.7. The van der Waals surface area contributed by atoms with E-state index in [1.165, 1.54) is 27.6 Å². The zero-order chi connectivity index (χ0) is 28.2. The summed E-state index contributed by atoms with van der Waals surface area (Å²) in [5.41, 5.74) is 6.22. The van der Waals surface area contributed by atoms with E-state index in [0.29, 0.717) is 11.1 Å². The smallest absolute Gasteiger partial charge is 0.335 e. The normalized spacial score (nSPS) is 13.1. The summed E-state index contributed by atoms with van der Waals surface area (Å²) in [6.45, 7) is 3.31. The van der Waals surface area contributed by atoms with Crippen LogP contribution in [-0.4, -0.2) is 77.7 Å². The first-order valence-electron chi connectivity index (χ1n) is 12.9. The van der Waals surface area contributed by atoms with Crippen molar-refractivity contribution < 1.29 is 19.8 Å². The van der Waals surface area contributed by atoms with Gasteiger partial charge in [-0.1, -0.05) is 48.5 Å². The number of aromatic amines is 1. The van der Waals surface area contributed by atoms with Gasteiger partial charge in [-0.3, -0.25) is 0 Å². The van der Waals surface area contributed by atoms with Gasteiger partial charge in [0.25, 0.3) is 0 Å². The first kappa shape index (κ1) is 29.4. The molecule has 0 spiro atoms. The molecule has 0 bridgehead atoms. The number of aromatic carboxylic acids is 2. The van der Waals surface area contributed by atoms with Gasteiger partial charge in [0.05, 0.1) is 11.1 Å². The maximum absolute atomic E-state index is 10.2. The van der Waals surface area contributed by atoms with Crippen molar-refractivity contribution in [1.29, 1.82) is 0 Å². The van der Waals surface area contributed by atoms with Crippen molar-refractivity contribution in [3.63, 3.8) is 0 Å². The third-order valence-electron chi connectivity index (χ3n) is 6.42. The van der Waals surface area contributed by atoms with Gasteiger partial charge in [0.1, 0.15) is 0 Å². The third kappa shape index (κ3) is 9.25. The van der Waals surface area contributed by atoms with Crippen LogP contribution in [0.3, 0.4) is 0 Å². The fourth-order valence-corrected chi connectivity index (χ4v) is 4.12. The first-order valence-corrected chi connectivity index (χ1v) is 12.9. The summed E-state index contributed by atoms with van der Waals surface area (Å²) in [6.07, 6.45) is 6.79. The zero-order valence-corrected chi connectivity index (χ0v) is 22.8. The molecular formula is C32H37N3O4. The molecule has 7 nitrogen and oxygen atoms in total. The second-order valence-corrected chi connectivity index (χ2v) is 9.71. The van der Waals surface area contributed by atoms with Crippen LogP contribution in [0.2, 0.25) is 0 Å². The number of nitrogens with zero attached hydrogens (tertiary/aromatic N) is 2. The SMILES string of the molecule is CN(C)CCc1c[nH]c2ccc(C3=CCN(C)CC3)cc12.O=C(O)c1ccccc1.O=C(O)c1ccccc1. The van der Waals surface area contributed by atoms with E-state index in [2.05, 4.69) is 66.4 Å². The van der Waals surface area contributed by atoms with Gasteiger partial charge < -0.3 is 25.0 Å². The molecule has 0 aliphatic carbocycles. The van der Waals surface area contributed by atoms with E-state index >= 15 is 0 Å². The highest BCUT2D eigenvalue weighted by Gasteiger charge is 2.11. The number of rotatable bonds is 6. The number of aromatic nitrogens is 1. The van der Waals surface area contributed by atoms with Crippen molar-refractivity contribution in [2.45, 2.75) is 12.8 Å². The van der Waals surface area contributed by atoms with Crippen LogP contribution in [0.5, 0.6) is 0 Å². The van der Waals surface area contributed by atoms with Crippen LogP contribution in [0, 0.1) is 0 Å². The molecule has 3 N–H and O–H groups in total. The highest BCUT2D eigenvalue weighted by Crippen LogP contribution is 2.27. The molecule has 1 aliphatic rings. The molecule has 0 atom stereocenters. The summed E-state index contributed by atoms with van der Waals surface area (Å²) < 4.78 is 0. The van der Waals surface area contributed by atoms with Crippen molar-refractivity contribution in [2.24, 2.45) is 0 Å². The van der Waals surface area contributed by atoms with Crippen LogP contribution in [0.4, 0.5) is 0 Å². The molecule has 7 heteroatoms. The average Bonchev–Trinajstić information content (AvgIpc) is 3.36. The fourth-order valence-electron chi connectivity index (χ4n) is 4.12. The van der Waals surface area contributed by atoms with Gasteiger partial charge >= 0.3 is 11.9 Å². The van der Waals surface area contributed by atoms with E-state index in [1.807, 2.05) is 0 Å². The third-order valence-corrected chi connectivity index (χ3v) is 6.42. The summed E-state index contributed by atoms with van der Waals surface area (Å²) in [5.74, 6) is -1.76. The number of carboxylic acid groups (broad SMARTS) is 2. The molecule has 0 saturated heterocycles. The fraction of sp³-hybridized carbons (Fsp3) is 0.250. The minimum atomic E-state index is -0.879. The van der Waals surface area contributed by atoms with Gasteiger partial charge in [-0.25, -0.2) is 9.59 Å². The summed E-state index contributed by atoms with van der Waals surface area (Å²) >= 11 is 0. The molecule has 0 amide bonds. The lowest BCUT2D eigenvalue weighted by molar-refractivity contribution is 0.0686. The predicted octanol–water partition coefficient (Wildman–Crippen LogP) is 5.76. The highest BCUT2D eigenvalue weighted by molar-refractivity contribution is 5.88. The van der Waals surface area contributed by atoms with Gasteiger partial charge in [0.15, 0.2) is 0 Å². The molecule has 204 valence electrons. The lowest BCUT2D eigenvalue weighted by Crippen LogP contribution is -2.23. The predicted molar refractivity (Wildman–Crippen MR) is 157 cm³/mol. The maximum Gasteiger partial charge on any atom is 0.335 e. The van der Waals surface area contributed by atoms with Crippen LogP contribution < -0.4 is 0 Å². The number of carbonyl (C=O) groups is 2. The van der Waals surface area contributed by atoms with Gasteiger partial charge in [0, 0.05) is 36.7 Å². The lowest BCUT2D eigenvalue weighted by Gasteiger charge is -2.22. The summed E-state index contributed by atoms with van der Waals surface area (Å²) in [5, 5.41) is 18.2. The van der Waals surface area contributed by atoms with Crippen molar-refractivity contribution in [3.05, 3.63) is 113 Å². The molecule has 1 aromatic heterocycles. The number of fused-ring (bicyclic) bond motifs is 1. The minimum Gasteiger partial charge on any atom is -0.478 e. The Bertz CT molecular complexity index is 1330. The molecule has 0 unspecified atom stereocenters. The monoisotopic (exact) mass is 527 g/mol. The Balaban J connectivity index is 0.000000192. The van der Waals surface area contributed by atoms with Gasteiger partial charge in [-0.15, -0.1) is 0 Å². The number of hydrogen-bond acceptors (Lipinski definition) is 4. The van der Waals surface area contributed by atoms with E-state index in [-0.39, 0.29) is 0 Å². The van der Waals surface area contributed by atoms with Gasteiger partial charge in [-0.2, -0.15) is 0 Å². The van der Waals surface area contributed by atoms with E-state index in [9.17, 15) is 9.59 Å². The zero-order valence-electron chi connectivity index (χ0n) is 22.8. The van der Waals surface area contributed by atoms with Gasteiger partial charge in [0.2, 0.25) is 0 Å². The Morgan fingerprint density at radius 3 is 1.95 bits per heavy atom. The lowest BCUT2D eigenvalue weighted by atomic mass is 9.97. The van der Waals surface area contributed by atoms with Crippen LogP contribution >= 0.6 is 0 Å². The van der Waals surface area contributed by atoms with E-state index < -0.39 is 11.9 Å². The molecular weight excluding hydrogens is 490 g/mol. The Morgan fingerprint density at radius 2 is 1.49 bits per heavy atom. The summed E-state index contributed by atoms with van der Waals surface area (Å²) in [6, 6.07) is 23.4. The second-order valence-electron chi connectivity index (χ2n) is 9.71. The largest absolute Gasteiger partial charge is 0.478 e. The Hall–Kier alpha value is -4.20. The Kier molecular flexibility index (Phi) is 11.0. The number of likely N-dealkylation sites (N-methyl/N-ethyl adjacent to an activating group) is 2. The van der Waals surface area contributed by atoms with Crippen LogP contribution in [-0.2, 0) is 6.42 Å². The highest BCUT2D eigenvalue weighted by atomic mass is 16.4. The molecule has 5 rings (SSSR count). The van der Waals surface area contributed by atoms with Crippen LogP contribution in [0.15, 0.2) is 91.1 Å². The summed E-state index contributed by atoms with van der Waals surface area (Å²) in [7, 11) is 6.44. The molecule has 3 aromatic carbocycles. The van der Waals surface area contributed by atoms with Crippen LogP contribution in [0.25, 0.3) is 16.5 Å². The number of benzene rings is 3. The van der Waals surface area contributed by atoms with Crippen molar-refractivity contribution in [2.75, 3.05) is 40.8 Å². The Labute approximate surface area is 230 Å². The molecule has 0 radical (unpaired) electrons. The molecule has 4 aromatic rings. The number of hydrogen-bond donors (Lipinski definition) is 3. The second kappa shape index (κ2) is 14.7. The molecule has 39 heavy (non-hydrogen) atoms. The number of H-pyrrole nitrogens is 1. The molecule has 2 heterocycles. The van der Waals surface area contributed by atoms with Crippen LogP contribution in [0.1, 0.15) is 38.3 Å². The maximum atomic E-state index is 10.2. The average molecular weight is 528 g/mol. The van der Waals surface area contributed by atoms with Crippen molar-refractivity contribution in [1.82, 2.24) is 14.8 Å². The van der Waals surface area contributed by atoms with E-state index in [1.54, 1.807) is 60.7 Å². The van der Waals surface area contributed by atoms with E-state index in [4.69, 9.17) is 10.2 Å². The number of carboxylic acids is 2. The molecule has 0 fully saturated rings. The molecule has 0 saturated carbocycles.